The largest absolute Gasteiger partial charge is 0.334 e. The third kappa shape index (κ3) is 6.44. The molecular weight excluding hydrogens is 556 g/mol. The van der Waals surface area contributed by atoms with E-state index < -0.39 is 0 Å². The molecule has 0 N–H and O–H groups in total. The Kier molecular flexibility index (Phi) is 8.99. The quantitative estimate of drug-likeness (QED) is 0.185. The molecule has 46 heavy (non-hydrogen) atoms. The molecule has 2 aliphatic carbocycles. The molecule has 2 aliphatic rings. The molecule has 0 radical (unpaired) electrons. The van der Waals surface area contributed by atoms with Gasteiger partial charge in [0.1, 0.15) is 0 Å². The van der Waals surface area contributed by atoms with E-state index in [2.05, 4.69) is 185 Å². The van der Waals surface area contributed by atoms with E-state index in [1.165, 1.54) is 67.4 Å². The van der Waals surface area contributed by atoms with Gasteiger partial charge in [0.15, 0.2) is 0 Å². The zero-order chi connectivity index (χ0) is 32.4. The van der Waals surface area contributed by atoms with Gasteiger partial charge in [-0.05, 0) is 135 Å². The smallest absolute Gasteiger partial charge is 0.0585 e. The molecule has 4 aromatic rings. The van der Waals surface area contributed by atoms with Crippen molar-refractivity contribution < 1.29 is 0 Å². The van der Waals surface area contributed by atoms with Gasteiger partial charge in [-0.15, -0.1) is 6.58 Å². The number of hydrogen-bond donors (Lipinski definition) is 0. The molecule has 0 aromatic heterocycles. The monoisotopic (exact) mass is 602 g/mol. The van der Waals surface area contributed by atoms with Crippen LogP contribution in [0.25, 0.3) is 5.57 Å². The summed E-state index contributed by atoms with van der Waals surface area (Å²) in [5.41, 5.74) is 15.0. The fraction of sp³-hybridized carbons (Fsp3) is 0.227. The highest BCUT2D eigenvalue weighted by molar-refractivity contribution is 5.81. The topological polar surface area (TPSA) is 6.48 Å². The van der Waals surface area contributed by atoms with Crippen LogP contribution in [0.15, 0.2) is 145 Å². The summed E-state index contributed by atoms with van der Waals surface area (Å²) in [6.07, 6.45) is 14.9. The van der Waals surface area contributed by atoms with Crippen molar-refractivity contribution >= 4 is 28.3 Å². The van der Waals surface area contributed by atoms with Crippen LogP contribution >= 0.6 is 0 Å². The van der Waals surface area contributed by atoms with Crippen LogP contribution in [0.3, 0.4) is 0 Å². The molecule has 0 fully saturated rings. The van der Waals surface area contributed by atoms with Crippen molar-refractivity contribution in [1.29, 1.82) is 0 Å². The summed E-state index contributed by atoms with van der Waals surface area (Å²) in [5.74, 6) is 0.707. The molecule has 0 saturated carbocycles. The standard InChI is InChI=1S/C44H46N2/c1-8-36-18-21-42(29-33(36)5)46(41-17-11-14-32(4)26-41)44-23-20-38(28-35(44)7)37-19-22-43(34(6)27-37)45(39-15-9-12-30(2)24-39)40-16-10-13-31(3)25-40/h8-17,19-29,34,36,43H,1,18H2,2-7H3. The Morgan fingerprint density at radius 1 is 0.739 bits per heavy atom. The van der Waals surface area contributed by atoms with Crippen LogP contribution in [0.5, 0.6) is 0 Å². The molecule has 2 nitrogen and oxygen atoms in total. The average molecular weight is 603 g/mol. The van der Waals surface area contributed by atoms with E-state index in [1.54, 1.807) is 0 Å². The van der Waals surface area contributed by atoms with Crippen LogP contribution in [0.4, 0.5) is 22.7 Å². The molecular formula is C44H46N2. The Hall–Kier alpha value is -4.82. The Morgan fingerprint density at radius 2 is 1.35 bits per heavy atom. The fourth-order valence-electron chi connectivity index (χ4n) is 6.93. The SMILES string of the molecule is C=CC1CC=C(N(c2cccc(C)c2)c2ccc(C3=CC(C)C(N(c4cccc(C)c4)c4cccc(C)c4)C=C3)cc2C)C=C1C. The zero-order valence-corrected chi connectivity index (χ0v) is 28.2. The van der Waals surface area contributed by atoms with Crippen molar-refractivity contribution in [3.63, 3.8) is 0 Å². The van der Waals surface area contributed by atoms with Gasteiger partial charge >= 0.3 is 0 Å². The molecule has 0 amide bonds. The Morgan fingerprint density at radius 3 is 1.89 bits per heavy atom. The summed E-state index contributed by atoms with van der Waals surface area (Å²) < 4.78 is 0. The first kappa shape index (κ1) is 31.2. The van der Waals surface area contributed by atoms with Gasteiger partial charge < -0.3 is 9.80 Å². The molecule has 3 atom stereocenters. The molecule has 6 rings (SSSR count). The number of hydrogen-bond acceptors (Lipinski definition) is 2. The van der Waals surface area contributed by atoms with Crippen LogP contribution in [0.2, 0.25) is 0 Å². The first-order valence-corrected chi connectivity index (χ1v) is 16.5. The number of anilines is 4. The van der Waals surface area contributed by atoms with E-state index in [4.69, 9.17) is 0 Å². The Balaban J connectivity index is 1.33. The molecule has 0 saturated heterocycles. The highest BCUT2D eigenvalue weighted by Crippen LogP contribution is 2.40. The van der Waals surface area contributed by atoms with Crippen LogP contribution in [0, 0.1) is 39.5 Å². The molecule has 4 aromatic carbocycles. The van der Waals surface area contributed by atoms with Gasteiger partial charge in [-0.25, -0.2) is 0 Å². The van der Waals surface area contributed by atoms with Gasteiger partial charge in [0, 0.05) is 34.4 Å². The summed E-state index contributed by atoms with van der Waals surface area (Å²) in [4.78, 5) is 4.91. The third-order valence-corrected chi connectivity index (χ3v) is 9.43. The number of rotatable bonds is 8. The summed E-state index contributed by atoms with van der Waals surface area (Å²) in [7, 11) is 0. The second-order valence-electron chi connectivity index (χ2n) is 13.1. The second-order valence-corrected chi connectivity index (χ2v) is 13.1. The first-order valence-electron chi connectivity index (χ1n) is 16.5. The first-order chi connectivity index (χ1) is 22.2. The van der Waals surface area contributed by atoms with Gasteiger partial charge in [0.2, 0.25) is 0 Å². The van der Waals surface area contributed by atoms with E-state index in [-0.39, 0.29) is 6.04 Å². The maximum absolute atomic E-state index is 4.06. The van der Waals surface area contributed by atoms with Gasteiger partial charge in [0.25, 0.3) is 0 Å². The van der Waals surface area contributed by atoms with E-state index in [0.717, 1.165) is 6.42 Å². The summed E-state index contributed by atoms with van der Waals surface area (Å²) in [5, 5.41) is 0. The van der Waals surface area contributed by atoms with E-state index >= 15 is 0 Å². The molecule has 0 bridgehead atoms. The minimum atomic E-state index is 0.206. The lowest BCUT2D eigenvalue weighted by atomic mass is 9.87. The van der Waals surface area contributed by atoms with E-state index in [1.807, 2.05) is 0 Å². The molecule has 0 spiro atoms. The van der Waals surface area contributed by atoms with Crippen molar-refractivity contribution in [2.75, 3.05) is 9.80 Å². The predicted octanol–water partition coefficient (Wildman–Crippen LogP) is 11.9. The Labute approximate surface area is 276 Å². The number of aryl methyl sites for hydroxylation is 4. The second kappa shape index (κ2) is 13.3. The summed E-state index contributed by atoms with van der Waals surface area (Å²) >= 11 is 0. The number of nitrogens with zero attached hydrogens (tertiary/aromatic N) is 2. The zero-order valence-electron chi connectivity index (χ0n) is 28.2. The molecule has 3 unspecified atom stereocenters. The van der Waals surface area contributed by atoms with Gasteiger partial charge in [-0.3, -0.25) is 0 Å². The third-order valence-electron chi connectivity index (χ3n) is 9.43. The highest BCUT2D eigenvalue weighted by atomic mass is 15.2. The van der Waals surface area contributed by atoms with Crippen molar-refractivity contribution in [2.45, 2.75) is 54.0 Å². The Bertz CT molecular complexity index is 1840. The predicted molar refractivity (Wildman–Crippen MR) is 199 cm³/mol. The lowest BCUT2D eigenvalue weighted by molar-refractivity contribution is 0.611. The minimum Gasteiger partial charge on any atom is -0.334 e. The molecule has 232 valence electrons. The summed E-state index contributed by atoms with van der Waals surface area (Å²) in [6, 6.07) is 33.7. The minimum absolute atomic E-state index is 0.206. The lowest BCUT2D eigenvalue weighted by Gasteiger charge is -2.37. The highest BCUT2D eigenvalue weighted by Gasteiger charge is 2.27. The number of allylic oxidation sites excluding steroid dienone is 6. The lowest BCUT2D eigenvalue weighted by Crippen LogP contribution is -2.35. The fourth-order valence-corrected chi connectivity index (χ4v) is 6.93. The van der Waals surface area contributed by atoms with Crippen molar-refractivity contribution in [3.8, 4) is 0 Å². The summed E-state index contributed by atoms with van der Waals surface area (Å²) in [6.45, 7) is 17.4. The van der Waals surface area contributed by atoms with E-state index in [0.29, 0.717) is 11.8 Å². The van der Waals surface area contributed by atoms with Gasteiger partial charge in [-0.2, -0.15) is 0 Å². The molecule has 2 heteroatoms. The number of benzene rings is 4. The van der Waals surface area contributed by atoms with Crippen molar-refractivity contribution in [1.82, 2.24) is 0 Å². The van der Waals surface area contributed by atoms with Crippen molar-refractivity contribution in [2.24, 2.45) is 11.8 Å². The van der Waals surface area contributed by atoms with Crippen LogP contribution < -0.4 is 9.80 Å². The van der Waals surface area contributed by atoms with Crippen molar-refractivity contribution in [3.05, 3.63) is 173 Å². The molecule has 0 heterocycles. The van der Waals surface area contributed by atoms with E-state index in [9.17, 15) is 0 Å². The average Bonchev–Trinajstić information content (AvgIpc) is 3.03. The van der Waals surface area contributed by atoms with Gasteiger partial charge in [-0.1, -0.05) is 85.3 Å². The maximum atomic E-state index is 4.06. The normalized spacial score (nSPS) is 19.2. The van der Waals surface area contributed by atoms with Crippen LogP contribution in [-0.4, -0.2) is 6.04 Å². The molecule has 0 aliphatic heterocycles. The van der Waals surface area contributed by atoms with Gasteiger partial charge in [0.05, 0.1) is 6.04 Å². The van der Waals surface area contributed by atoms with Crippen LogP contribution in [0.1, 0.15) is 48.1 Å². The maximum Gasteiger partial charge on any atom is 0.0585 e. The van der Waals surface area contributed by atoms with Crippen LogP contribution in [-0.2, 0) is 0 Å².